The summed E-state index contributed by atoms with van der Waals surface area (Å²) >= 11 is 0. The lowest BCUT2D eigenvalue weighted by Crippen LogP contribution is -2.02. The van der Waals surface area contributed by atoms with Gasteiger partial charge in [-0.25, -0.2) is 4.68 Å². The number of aromatic nitrogens is 3. The fourth-order valence-electron chi connectivity index (χ4n) is 1.34. The summed E-state index contributed by atoms with van der Waals surface area (Å²) in [5.74, 6) is 0. The van der Waals surface area contributed by atoms with E-state index < -0.39 is 0 Å². The van der Waals surface area contributed by atoms with Crippen molar-refractivity contribution in [3.63, 3.8) is 0 Å². The number of benzene rings is 1. The van der Waals surface area contributed by atoms with Gasteiger partial charge in [-0.05, 0) is 32.0 Å². The Morgan fingerprint density at radius 3 is 2.85 bits per heavy atom. The number of rotatable bonds is 1. The lowest BCUT2D eigenvalue weighted by Gasteiger charge is -2.04. The van der Waals surface area contributed by atoms with Gasteiger partial charge >= 0.3 is 0 Å². The van der Waals surface area contributed by atoms with Crippen molar-refractivity contribution in [2.45, 2.75) is 19.9 Å². The molecule has 0 unspecified atom stereocenters. The Balaban J connectivity index is 2.69. The van der Waals surface area contributed by atoms with Crippen molar-refractivity contribution in [2.75, 3.05) is 5.73 Å². The van der Waals surface area contributed by atoms with Crippen molar-refractivity contribution in [3.8, 4) is 0 Å². The van der Waals surface area contributed by atoms with Crippen molar-refractivity contribution in [3.05, 3.63) is 18.2 Å². The van der Waals surface area contributed by atoms with Crippen LogP contribution in [0.4, 0.5) is 5.69 Å². The molecule has 1 aromatic heterocycles. The smallest absolute Gasteiger partial charge is 0.115 e. The number of hydrogen-bond donors (Lipinski definition) is 1. The summed E-state index contributed by atoms with van der Waals surface area (Å²) in [6.45, 7) is 4.15. The molecule has 1 heterocycles. The SMILES string of the molecule is CC(C)n1nnc2cc(N)ccc21. The van der Waals surface area contributed by atoms with Gasteiger partial charge in [-0.1, -0.05) is 5.21 Å². The van der Waals surface area contributed by atoms with E-state index in [0.717, 1.165) is 16.7 Å². The maximum atomic E-state index is 5.63. The zero-order chi connectivity index (χ0) is 9.42. The van der Waals surface area contributed by atoms with Gasteiger partial charge in [0.1, 0.15) is 5.52 Å². The highest BCUT2D eigenvalue weighted by Gasteiger charge is 2.06. The Kier molecular flexibility index (Phi) is 1.69. The van der Waals surface area contributed by atoms with E-state index >= 15 is 0 Å². The lowest BCUT2D eigenvalue weighted by atomic mass is 10.2. The average molecular weight is 176 g/mol. The highest BCUT2D eigenvalue weighted by atomic mass is 15.4. The zero-order valence-corrected chi connectivity index (χ0v) is 7.73. The lowest BCUT2D eigenvalue weighted by molar-refractivity contribution is 0.530. The van der Waals surface area contributed by atoms with Gasteiger partial charge in [0.15, 0.2) is 0 Å². The first kappa shape index (κ1) is 8.04. The largest absolute Gasteiger partial charge is 0.399 e. The van der Waals surface area contributed by atoms with E-state index in [0.29, 0.717) is 6.04 Å². The summed E-state index contributed by atoms with van der Waals surface area (Å²) in [6, 6.07) is 5.98. The molecule has 0 aliphatic rings. The number of nitrogens with zero attached hydrogens (tertiary/aromatic N) is 3. The van der Waals surface area contributed by atoms with Crippen LogP contribution in [0.2, 0.25) is 0 Å². The first-order valence-electron chi connectivity index (χ1n) is 4.29. The second-order valence-electron chi connectivity index (χ2n) is 3.38. The predicted octanol–water partition coefficient (Wildman–Crippen LogP) is 1.59. The van der Waals surface area contributed by atoms with Gasteiger partial charge in [0.05, 0.1) is 5.52 Å². The molecule has 2 N–H and O–H groups in total. The minimum atomic E-state index is 0.327. The third-order valence-corrected chi connectivity index (χ3v) is 1.98. The molecule has 0 aliphatic carbocycles. The summed E-state index contributed by atoms with van der Waals surface area (Å²) in [5, 5.41) is 8.08. The topological polar surface area (TPSA) is 56.7 Å². The van der Waals surface area contributed by atoms with Crippen LogP contribution in [0.15, 0.2) is 18.2 Å². The number of fused-ring (bicyclic) bond motifs is 1. The fourth-order valence-corrected chi connectivity index (χ4v) is 1.34. The highest BCUT2D eigenvalue weighted by Crippen LogP contribution is 2.17. The molecule has 0 saturated carbocycles. The molecule has 2 rings (SSSR count). The van der Waals surface area contributed by atoms with Gasteiger partial charge in [-0.15, -0.1) is 5.10 Å². The van der Waals surface area contributed by atoms with Gasteiger partial charge < -0.3 is 5.73 Å². The van der Waals surface area contributed by atoms with E-state index in [1.54, 1.807) is 0 Å². The first-order chi connectivity index (χ1) is 6.18. The van der Waals surface area contributed by atoms with Crippen LogP contribution in [0.1, 0.15) is 19.9 Å². The van der Waals surface area contributed by atoms with Gasteiger partial charge in [0.2, 0.25) is 0 Å². The van der Waals surface area contributed by atoms with Crippen LogP contribution in [0.3, 0.4) is 0 Å². The minimum absolute atomic E-state index is 0.327. The molecule has 68 valence electrons. The quantitative estimate of drug-likeness (QED) is 0.671. The van der Waals surface area contributed by atoms with Gasteiger partial charge in [-0.3, -0.25) is 0 Å². The molecule has 13 heavy (non-hydrogen) atoms. The molecule has 0 fully saturated rings. The zero-order valence-electron chi connectivity index (χ0n) is 7.73. The third-order valence-electron chi connectivity index (χ3n) is 1.98. The van der Waals surface area contributed by atoms with E-state index in [-0.39, 0.29) is 0 Å². The summed E-state index contributed by atoms with van der Waals surface area (Å²) in [4.78, 5) is 0. The Hall–Kier alpha value is -1.58. The molecular formula is C9H12N4. The van der Waals surface area contributed by atoms with Crippen LogP contribution in [-0.2, 0) is 0 Å². The van der Waals surface area contributed by atoms with Crippen LogP contribution in [0, 0.1) is 0 Å². The standard InChI is InChI=1S/C9H12N4/c1-6(2)13-9-4-3-7(10)5-8(9)11-12-13/h3-6H,10H2,1-2H3. The molecular weight excluding hydrogens is 164 g/mol. The van der Waals surface area contributed by atoms with Crippen molar-refractivity contribution >= 4 is 16.7 Å². The normalized spacial score (nSPS) is 11.3. The molecule has 4 heteroatoms. The van der Waals surface area contributed by atoms with Crippen LogP contribution < -0.4 is 5.73 Å². The molecule has 0 spiro atoms. The summed E-state index contributed by atoms with van der Waals surface area (Å²) in [7, 11) is 0. The summed E-state index contributed by atoms with van der Waals surface area (Å²) < 4.78 is 1.88. The van der Waals surface area contributed by atoms with Crippen molar-refractivity contribution in [1.82, 2.24) is 15.0 Å². The molecule has 0 saturated heterocycles. The summed E-state index contributed by atoms with van der Waals surface area (Å²) in [5.41, 5.74) is 8.24. The second kappa shape index (κ2) is 2.73. The Morgan fingerprint density at radius 2 is 2.15 bits per heavy atom. The van der Waals surface area contributed by atoms with Crippen LogP contribution in [-0.4, -0.2) is 15.0 Å². The first-order valence-corrected chi connectivity index (χ1v) is 4.29. The highest BCUT2D eigenvalue weighted by molar-refractivity contribution is 5.78. The van der Waals surface area contributed by atoms with Gasteiger partial charge in [0, 0.05) is 11.7 Å². The van der Waals surface area contributed by atoms with E-state index in [4.69, 9.17) is 5.73 Å². The van der Waals surface area contributed by atoms with E-state index in [9.17, 15) is 0 Å². The fraction of sp³-hybridized carbons (Fsp3) is 0.333. The monoisotopic (exact) mass is 176 g/mol. The van der Waals surface area contributed by atoms with Crippen LogP contribution >= 0.6 is 0 Å². The molecule has 0 atom stereocenters. The van der Waals surface area contributed by atoms with E-state index in [2.05, 4.69) is 24.2 Å². The predicted molar refractivity (Wildman–Crippen MR) is 52.3 cm³/mol. The van der Waals surface area contributed by atoms with E-state index in [1.165, 1.54) is 0 Å². The molecule has 2 aromatic rings. The average Bonchev–Trinajstić information content (AvgIpc) is 2.46. The second-order valence-corrected chi connectivity index (χ2v) is 3.38. The Labute approximate surface area is 76.3 Å². The third kappa shape index (κ3) is 1.24. The number of anilines is 1. The number of nitrogen functional groups attached to an aromatic ring is 1. The Morgan fingerprint density at radius 1 is 1.38 bits per heavy atom. The molecule has 0 bridgehead atoms. The van der Waals surface area contributed by atoms with Crippen LogP contribution in [0.25, 0.3) is 11.0 Å². The van der Waals surface area contributed by atoms with Crippen molar-refractivity contribution < 1.29 is 0 Å². The number of hydrogen-bond acceptors (Lipinski definition) is 3. The molecule has 1 aromatic carbocycles. The summed E-state index contributed by atoms with van der Waals surface area (Å²) in [6.07, 6.45) is 0. The Bertz CT molecular complexity index is 430. The molecule has 0 aliphatic heterocycles. The molecule has 4 nitrogen and oxygen atoms in total. The molecule has 0 amide bonds. The van der Waals surface area contributed by atoms with Crippen molar-refractivity contribution in [1.29, 1.82) is 0 Å². The number of nitrogens with two attached hydrogens (primary N) is 1. The van der Waals surface area contributed by atoms with Gasteiger partial charge in [-0.2, -0.15) is 0 Å². The maximum absolute atomic E-state index is 5.63. The maximum Gasteiger partial charge on any atom is 0.115 e. The van der Waals surface area contributed by atoms with Crippen molar-refractivity contribution in [2.24, 2.45) is 0 Å². The van der Waals surface area contributed by atoms with Crippen LogP contribution in [0.5, 0.6) is 0 Å². The van der Waals surface area contributed by atoms with E-state index in [1.807, 2.05) is 22.9 Å². The van der Waals surface area contributed by atoms with Gasteiger partial charge in [0.25, 0.3) is 0 Å². The minimum Gasteiger partial charge on any atom is -0.399 e. The molecule has 0 radical (unpaired) electrons.